The summed E-state index contributed by atoms with van der Waals surface area (Å²) in [5, 5.41) is 11.1. The molecule has 1 atom stereocenters. The van der Waals surface area contributed by atoms with Crippen molar-refractivity contribution in [2.24, 2.45) is 12.2 Å². The first-order chi connectivity index (χ1) is 11.4. The highest BCUT2D eigenvalue weighted by atomic mass is 19.1. The number of aromatic nitrogens is 2. The zero-order valence-electron chi connectivity index (χ0n) is 13.8. The van der Waals surface area contributed by atoms with Crippen molar-refractivity contribution in [2.45, 2.75) is 32.4 Å². The average Bonchev–Trinajstić information content (AvgIpc) is 3.09. The van der Waals surface area contributed by atoms with E-state index in [2.05, 4.69) is 15.6 Å². The summed E-state index contributed by atoms with van der Waals surface area (Å²) in [5.74, 6) is -0.563. The number of hydrogen-bond acceptors (Lipinski definition) is 4. The second kappa shape index (κ2) is 6.07. The molecule has 0 spiro atoms. The van der Waals surface area contributed by atoms with E-state index >= 15 is 0 Å². The number of amides is 1. The van der Waals surface area contributed by atoms with Crippen molar-refractivity contribution >= 4 is 11.6 Å². The number of rotatable bonds is 4. The highest BCUT2D eigenvalue weighted by Gasteiger charge is 2.42. The van der Waals surface area contributed by atoms with E-state index in [1.165, 1.54) is 12.1 Å². The first kappa shape index (κ1) is 16.2. The van der Waals surface area contributed by atoms with Crippen LogP contribution in [0.15, 0.2) is 35.5 Å². The van der Waals surface area contributed by atoms with Crippen molar-refractivity contribution in [1.82, 2.24) is 15.1 Å². The van der Waals surface area contributed by atoms with Gasteiger partial charge in [0.2, 0.25) is 5.60 Å². The minimum absolute atomic E-state index is 0.248. The summed E-state index contributed by atoms with van der Waals surface area (Å²) in [6.07, 6.45) is 0.328. The van der Waals surface area contributed by atoms with Gasteiger partial charge in [-0.25, -0.2) is 4.39 Å². The molecular weight excluding hydrogens is 311 g/mol. The van der Waals surface area contributed by atoms with E-state index in [1.54, 1.807) is 23.7 Å². The Morgan fingerprint density at radius 2 is 2.12 bits per heavy atom. The lowest BCUT2D eigenvalue weighted by molar-refractivity contribution is -0.141. The maximum absolute atomic E-state index is 13.0. The second-order valence-electron chi connectivity index (χ2n) is 6.13. The molecule has 126 valence electrons. The van der Waals surface area contributed by atoms with Crippen LogP contribution in [-0.4, -0.2) is 27.0 Å². The van der Waals surface area contributed by atoms with E-state index in [-0.39, 0.29) is 11.7 Å². The standard InChI is InChI=1S/C17H19FN4O2/c1-11-8-14(22(3)20-11)10-19-16(23)17(2)9-15(21-24-17)12-4-6-13(18)7-5-12/h4-8H,9-10H2,1-3H3,(H,19,23)/t17-/m0/s1. The molecule has 7 heteroatoms. The Hall–Kier alpha value is -2.70. The van der Waals surface area contributed by atoms with Gasteiger partial charge in [0.25, 0.3) is 5.91 Å². The van der Waals surface area contributed by atoms with Crippen LogP contribution in [0, 0.1) is 12.7 Å². The molecule has 1 N–H and O–H groups in total. The highest BCUT2D eigenvalue weighted by Crippen LogP contribution is 2.27. The van der Waals surface area contributed by atoms with Gasteiger partial charge in [-0.05, 0) is 37.6 Å². The van der Waals surface area contributed by atoms with Crippen molar-refractivity contribution in [2.75, 3.05) is 0 Å². The summed E-state index contributed by atoms with van der Waals surface area (Å²) >= 11 is 0. The number of oxime groups is 1. The first-order valence-corrected chi connectivity index (χ1v) is 7.66. The molecular formula is C17H19FN4O2. The Morgan fingerprint density at radius 3 is 2.75 bits per heavy atom. The van der Waals surface area contributed by atoms with Gasteiger partial charge in [-0.1, -0.05) is 17.3 Å². The van der Waals surface area contributed by atoms with Crippen molar-refractivity contribution in [3.8, 4) is 0 Å². The molecule has 0 aliphatic carbocycles. The molecule has 0 radical (unpaired) electrons. The van der Waals surface area contributed by atoms with Gasteiger partial charge in [0, 0.05) is 13.5 Å². The summed E-state index contributed by atoms with van der Waals surface area (Å²) in [6.45, 7) is 3.95. The smallest absolute Gasteiger partial charge is 0.267 e. The molecule has 1 amide bonds. The molecule has 0 saturated heterocycles. The molecule has 6 nitrogen and oxygen atoms in total. The number of carbonyl (C=O) groups excluding carboxylic acids is 1. The molecule has 1 aliphatic rings. The van der Waals surface area contributed by atoms with E-state index in [0.717, 1.165) is 17.0 Å². The lowest BCUT2D eigenvalue weighted by Crippen LogP contribution is -2.44. The first-order valence-electron chi connectivity index (χ1n) is 7.66. The van der Waals surface area contributed by atoms with Crippen LogP contribution >= 0.6 is 0 Å². The topological polar surface area (TPSA) is 68.5 Å². The summed E-state index contributed by atoms with van der Waals surface area (Å²) in [5.41, 5.74) is 2.10. The van der Waals surface area contributed by atoms with Crippen molar-refractivity contribution in [1.29, 1.82) is 0 Å². The van der Waals surface area contributed by atoms with E-state index in [1.807, 2.05) is 20.0 Å². The summed E-state index contributed by atoms with van der Waals surface area (Å²) in [6, 6.07) is 7.88. The number of nitrogens with one attached hydrogen (secondary N) is 1. The van der Waals surface area contributed by atoms with Gasteiger partial charge >= 0.3 is 0 Å². The third-order valence-corrected chi connectivity index (χ3v) is 4.05. The minimum atomic E-state index is -1.07. The number of carbonyl (C=O) groups is 1. The molecule has 2 heterocycles. The second-order valence-corrected chi connectivity index (χ2v) is 6.13. The summed E-state index contributed by atoms with van der Waals surface area (Å²) in [7, 11) is 1.83. The zero-order chi connectivity index (χ0) is 17.3. The van der Waals surface area contributed by atoms with Gasteiger partial charge in [0.1, 0.15) is 5.82 Å². The van der Waals surface area contributed by atoms with E-state index in [0.29, 0.717) is 18.7 Å². The predicted octanol–water partition coefficient (Wildman–Crippen LogP) is 2.07. The van der Waals surface area contributed by atoms with Gasteiger partial charge in [0.15, 0.2) is 0 Å². The molecule has 24 heavy (non-hydrogen) atoms. The number of benzene rings is 1. The minimum Gasteiger partial charge on any atom is -0.379 e. The van der Waals surface area contributed by atoms with Gasteiger partial charge < -0.3 is 10.2 Å². The maximum Gasteiger partial charge on any atom is 0.267 e. The van der Waals surface area contributed by atoms with Gasteiger partial charge in [0.05, 0.1) is 23.6 Å². The molecule has 1 aliphatic heterocycles. The Balaban J connectivity index is 1.63. The average molecular weight is 330 g/mol. The Kier molecular flexibility index (Phi) is 4.09. The molecule has 3 rings (SSSR count). The van der Waals surface area contributed by atoms with Crippen LogP contribution in [0.1, 0.15) is 30.3 Å². The Labute approximate surface area is 139 Å². The van der Waals surface area contributed by atoms with Crippen LogP contribution in [0.4, 0.5) is 4.39 Å². The molecule has 0 unspecified atom stereocenters. The lowest BCUT2D eigenvalue weighted by Gasteiger charge is -2.20. The van der Waals surface area contributed by atoms with Crippen molar-refractivity contribution in [3.63, 3.8) is 0 Å². The molecule has 1 aromatic carbocycles. The number of hydrogen-bond donors (Lipinski definition) is 1. The SMILES string of the molecule is Cc1cc(CNC(=O)[C@]2(C)CC(c3ccc(F)cc3)=NO2)n(C)n1. The van der Waals surface area contributed by atoms with Gasteiger partial charge in [-0.2, -0.15) is 5.10 Å². The third kappa shape index (κ3) is 3.15. The van der Waals surface area contributed by atoms with Crippen molar-refractivity contribution < 1.29 is 14.0 Å². The normalized spacial score (nSPS) is 19.8. The maximum atomic E-state index is 13.0. The van der Waals surface area contributed by atoms with Crippen LogP contribution in [0.3, 0.4) is 0 Å². The van der Waals surface area contributed by atoms with Crippen LogP contribution in [0.2, 0.25) is 0 Å². The molecule has 1 aromatic heterocycles. The predicted molar refractivity (Wildman–Crippen MR) is 86.8 cm³/mol. The van der Waals surface area contributed by atoms with Crippen LogP contribution in [0.25, 0.3) is 0 Å². The fourth-order valence-electron chi connectivity index (χ4n) is 2.65. The quantitative estimate of drug-likeness (QED) is 0.933. The largest absolute Gasteiger partial charge is 0.379 e. The Morgan fingerprint density at radius 1 is 1.42 bits per heavy atom. The van der Waals surface area contributed by atoms with Gasteiger partial charge in [-0.3, -0.25) is 9.48 Å². The number of halogens is 1. The monoisotopic (exact) mass is 330 g/mol. The Bertz CT molecular complexity index is 797. The van der Waals surface area contributed by atoms with Crippen LogP contribution in [-0.2, 0) is 23.2 Å². The summed E-state index contributed by atoms with van der Waals surface area (Å²) < 4.78 is 14.7. The molecule has 0 saturated carbocycles. The number of aryl methyl sites for hydroxylation is 2. The molecule has 0 bridgehead atoms. The molecule has 0 fully saturated rings. The highest BCUT2D eigenvalue weighted by molar-refractivity contribution is 6.05. The lowest BCUT2D eigenvalue weighted by atomic mass is 9.95. The van der Waals surface area contributed by atoms with Crippen LogP contribution < -0.4 is 5.32 Å². The fraction of sp³-hybridized carbons (Fsp3) is 0.353. The van der Waals surface area contributed by atoms with E-state index in [4.69, 9.17) is 4.84 Å². The van der Waals surface area contributed by atoms with E-state index < -0.39 is 5.60 Å². The fourth-order valence-corrected chi connectivity index (χ4v) is 2.65. The number of nitrogens with zero attached hydrogens (tertiary/aromatic N) is 3. The molecule has 2 aromatic rings. The zero-order valence-corrected chi connectivity index (χ0v) is 13.8. The van der Waals surface area contributed by atoms with Crippen LogP contribution in [0.5, 0.6) is 0 Å². The summed E-state index contributed by atoms with van der Waals surface area (Å²) in [4.78, 5) is 17.9. The van der Waals surface area contributed by atoms with Crippen molar-refractivity contribution in [3.05, 3.63) is 53.1 Å². The van der Waals surface area contributed by atoms with Gasteiger partial charge in [-0.15, -0.1) is 0 Å². The van der Waals surface area contributed by atoms with E-state index in [9.17, 15) is 9.18 Å². The third-order valence-electron chi connectivity index (χ3n) is 4.05.